The Morgan fingerprint density at radius 3 is 2.10 bits per heavy atom. The van der Waals surface area contributed by atoms with Gasteiger partial charge in [-0.25, -0.2) is 4.39 Å². The van der Waals surface area contributed by atoms with E-state index in [0.717, 1.165) is 16.7 Å². The Kier molecular flexibility index (Phi) is 8.18. The molecule has 9 heteroatoms. The summed E-state index contributed by atoms with van der Waals surface area (Å²) in [6.45, 7) is 5.06. The van der Waals surface area contributed by atoms with Crippen LogP contribution in [0, 0.1) is 12.7 Å². The Morgan fingerprint density at radius 1 is 1.10 bits per heavy atom. The van der Waals surface area contributed by atoms with Gasteiger partial charge in [0.15, 0.2) is 0 Å². The van der Waals surface area contributed by atoms with E-state index in [1.54, 1.807) is 37.3 Å². The zero-order chi connectivity index (χ0) is 23.4. The largest absolute Gasteiger partial charge is 0.508 e. The molecule has 31 heavy (non-hydrogen) atoms. The zero-order valence-corrected chi connectivity index (χ0v) is 18.7. The molecule has 1 saturated heterocycles. The third-order valence-electron chi connectivity index (χ3n) is 5.60. The van der Waals surface area contributed by atoms with Gasteiger partial charge in [-0.05, 0) is 67.6 Å². The van der Waals surface area contributed by atoms with Gasteiger partial charge in [-0.3, -0.25) is 9.45 Å². The van der Waals surface area contributed by atoms with Gasteiger partial charge in [0, 0.05) is 19.1 Å². The third-order valence-corrected chi connectivity index (χ3v) is 5.60. The molecule has 0 unspecified atom stereocenters. The quantitative estimate of drug-likeness (QED) is 0.524. The molecule has 0 aliphatic carbocycles. The van der Waals surface area contributed by atoms with Crippen molar-refractivity contribution in [1.82, 2.24) is 4.90 Å². The Balaban J connectivity index is 0.000000614. The van der Waals surface area contributed by atoms with Crippen molar-refractivity contribution in [3.8, 4) is 5.75 Å². The normalized spacial score (nSPS) is 18.5. The second kappa shape index (κ2) is 10.1. The number of phenolic OH excluding ortho intramolecular Hbond substituents is 1. The Morgan fingerprint density at radius 2 is 1.61 bits per heavy atom. The number of likely N-dealkylation sites (tertiary alicyclic amines) is 1. The number of benzene rings is 2. The van der Waals surface area contributed by atoms with Crippen molar-refractivity contribution in [3.63, 3.8) is 0 Å². The van der Waals surface area contributed by atoms with Gasteiger partial charge in [-0.2, -0.15) is 8.42 Å². The summed E-state index contributed by atoms with van der Waals surface area (Å²) in [6.07, 6.45) is 1.10. The summed E-state index contributed by atoms with van der Waals surface area (Å²) in [5.41, 5.74) is 1.29. The second-order valence-corrected chi connectivity index (χ2v) is 9.50. The number of aliphatic hydroxyl groups excluding tert-OH is 1. The minimum Gasteiger partial charge on any atom is -0.508 e. The first-order valence-corrected chi connectivity index (χ1v) is 11.8. The molecule has 1 fully saturated rings. The highest BCUT2D eigenvalue weighted by Gasteiger charge is 2.36. The van der Waals surface area contributed by atoms with Crippen LogP contribution in [0.2, 0.25) is 0 Å². The maximum atomic E-state index is 13.1. The van der Waals surface area contributed by atoms with E-state index < -0.39 is 21.8 Å². The number of rotatable bonds is 4. The molecule has 4 N–H and O–H groups in total. The first-order chi connectivity index (χ1) is 14.3. The zero-order valence-electron chi connectivity index (χ0n) is 17.9. The molecule has 172 valence electrons. The first-order valence-electron chi connectivity index (χ1n) is 9.93. The number of aromatic hydroxyl groups is 1. The molecule has 0 bridgehead atoms. The molecule has 0 aromatic heterocycles. The van der Waals surface area contributed by atoms with E-state index in [1.165, 1.54) is 12.1 Å². The summed E-state index contributed by atoms with van der Waals surface area (Å²) in [4.78, 5) is 2.16. The van der Waals surface area contributed by atoms with E-state index in [4.69, 9.17) is 4.55 Å². The smallest absolute Gasteiger partial charge is 0.261 e. The average Bonchev–Trinajstić information content (AvgIpc) is 2.69. The minimum atomic E-state index is -3.67. The number of phenols is 1. The average molecular weight is 456 g/mol. The fraction of sp³-hybridized carbons (Fsp3) is 0.455. The van der Waals surface area contributed by atoms with E-state index in [2.05, 4.69) is 4.90 Å². The summed E-state index contributed by atoms with van der Waals surface area (Å²) in [5.74, 6) is -0.0911. The lowest BCUT2D eigenvalue weighted by molar-refractivity contribution is -0.0502. The van der Waals surface area contributed by atoms with Gasteiger partial charge in [0.1, 0.15) is 11.6 Å². The van der Waals surface area contributed by atoms with Crippen LogP contribution < -0.4 is 0 Å². The van der Waals surface area contributed by atoms with Crippen molar-refractivity contribution >= 4 is 10.1 Å². The summed E-state index contributed by atoms with van der Waals surface area (Å²) >= 11 is 0. The van der Waals surface area contributed by atoms with Crippen molar-refractivity contribution < 1.29 is 32.7 Å². The van der Waals surface area contributed by atoms with E-state index >= 15 is 0 Å². The third kappa shape index (κ3) is 7.26. The van der Waals surface area contributed by atoms with Crippen molar-refractivity contribution in [2.45, 2.75) is 44.4 Å². The highest BCUT2D eigenvalue weighted by Crippen LogP contribution is 2.35. The van der Waals surface area contributed by atoms with Crippen LogP contribution in [0.5, 0.6) is 5.75 Å². The van der Waals surface area contributed by atoms with Crippen LogP contribution >= 0.6 is 0 Å². The fourth-order valence-corrected chi connectivity index (χ4v) is 3.69. The number of piperidine rings is 1. The number of hydrogen-bond donors (Lipinski definition) is 4. The second-order valence-electron chi connectivity index (χ2n) is 8.04. The SMILES string of the molecule is CS(=O)(=O)O.Cc1cc([C@@H](O)[C@@H](C)N2CCC(O)(c3ccc(F)cc3)CC2)ccc1O. The molecule has 0 saturated carbocycles. The van der Waals surface area contributed by atoms with Crippen LogP contribution in [0.3, 0.4) is 0 Å². The predicted molar refractivity (Wildman–Crippen MR) is 116 cm³/mol. The molecule has 0 amide bonds. The molecule has 7 nitrogen and oxygen atoms in total. The molecule has 0 radical (unpaired) electrons. The Bertz CT molecular complexity index is 964. The van der Waals surface area contributed by atoms with E-state index in [-0.39, 0.29) is 17.6 Å². The van der Waals surface area contributed by atoms with Crippen LogP contribution in [-0.4, -0.2) is 58.6 Å². The van der Waals surface area contributed by atoms with Gasteiger partial charge >= 0.3 is 0 Å². The molecule has 2 aromatic rings. The van der Waals surface area contributed by atoms with E-state index in [0.29, 0.717) is 32.2 Å². The minimum absolute atomic E-state index is 0.114. The van der Waals surface area contributed by atoms with Crippen LogP contribution in [0.15, 0.2) is 42.5 Å². The highest BCUT2D eigenvalue weighted by atomic mass is 32.2. The van der Waals surface area contributed by atoms with Crippen LogP contribution in [0.1, 0.15) is 42.6 Å². The number of nitrogens with zero attached hydrogens (tertiary/aromatic N) is 1. The summed E-state index contributed by atoms with van der Waals surface area (Å²) in [7, 11) is -3.67. The molecule has 1 aliphatic rings. The van der Waals surface area contributed by atoms with Crippen molar-refractivity contribution in [2.75, 3.05) is 19.3 Å². The lowest BCUT2D eigenvalue weighted by atomic mass is 9.83. The Hall–Kier alpha value is -2.04. The predicted octanol–water partition coefficient (Wildman–Crippen LogP) is 2.75. The van der Waals surface area contributed by atoms with E-state index in [9.17, 15) is 28.1 Å². The number of aliphatic hydroxyl groups is 2. The molecular weight excluding hydrogens is 425 g/mol. The summed E-state index contributed by atoms with van der Waals surface area (Å²) in [5, 5.41) is 31.3. The molecular formula is C22H30FNO6S. The van der Waals surface area contributed by atoms with E-state index in [1.807, 2.05) is 6.92 Å². The van der Waals surface area contributed by atoms with Gasteiger partial charge in [0.25, 0.3) is 10.1 Å². The first kappa shape index (κ1) is 25.2. The van der Waals surface area contributed by atoms with Crippen molar-refractivity contribution in [1.29, 1.82) is 0 Å². The number of aryl methyl sites for hydroxylation is 1. The maximum absolute atomic E-state index is 13.1. The van der Waals surface area contributed by atoms with Gasteiger partial charge in [-0.1, -0.05) is 18.2 Å². The van der Waals surface area contributed by atoms with Gasteiger partial charge in [0.2, 0.25) is 0 Å². The van der Waals surface area contributed by atoms with Gasteiger partial charge in [-0.15, -0.1) is 0 Å². The standard InChI is InChI=1S/C21H26FNO3.CH4O3S/c1-14-13-16(3-8-19(14)24)20(25)15(2)23-11-9-21(26,10-12-23)17-4-6-18(22)7-5-17;1-5(2,3)4/h3-8,13,15,20,24-26H,9-12H2,1-2H3;1H3,(H,2,3,4)/t15-,20+;/m1./s1. The highest BCUT2D eigenvalue weighted by molar-refractivity contribution is 7.85. The fourth-order valence-electron chi connectivity index (χ4n) is 3.69. The molecule has 1 aliphatic heterocycles. The van der Waals surface area contributed by atoms with Gasteiger partial charge < -0.3 is 15.3 Å². The molecule has 1 heterocycles. The molecule has 3 rings (SSSR count). The van der Waals surface area contributed by atoms with Crippen LogP contribution in [0.25, 0.3) is 0 Å². The topological polar surface area (TPSA) is 118 Å². The van der Waals surface area contributed by atoms with Crippen LogP contribution in [-0.2, 0) is 15.7 Å². The molecule has 2 atom stereocenters. The monoisotopic (exact) mass is 455 g/mol. The summed E-state index contributed by atoms with van der Waals surface area (Å²) < 4.78 is 39.0. The van der Waals surface area contributed by atoms with Crippen LogP contribution in [0.4, 0.5) is 4.39 Å². The summed E-state index contributed by atoms with van der Waals surface area (Å²) in [6, 6.07) is 11.1. The Labute approximate surface area is 182 Å². The van der Waals surface area contributed by atoms with Gasteiger partial charge in [0.05, 0.1) is 18.0 Å². The number of halogens is 1. The lowest BCUT2D eigenvalue weighted by Crippen LogP contribution is -2.47. The lowest BCUT2D eigenvalue weighted by Gasteiger charge is -2.42. The molecule has 0 spiro atoms. The number of hydrogen-bond acceptors (Lipinski definition) is 6. The molecule has 2 aromatic carbocycles. The van der Waals surface area contributed by atoms with Crippen molar-refractivity contribution in [3.05, 3.63) is 65.0 Å². The van der Waals surface area contributed by atoms with Crippen molar-refractivity contribution in [2.24, 2.45) is 0 Å². The maximum Gasteiger partial charge on any atom is 0.261 e.